The van der Waals surface area contributed by atoms with Crippen molar-refractivity contribution in [2.75, 3.05) is 36.4 Å². The zero-order chi connectivity index (χ0) is 21.9. The van der Waals surface area contributed by atoms with Gasteiger partial charge in [-0.2, -0.15) is 5.10 Å². The summed E-state index contributed by atoms with van der Waals surface area (Å²) in [5.41, 5.74) is 6.32. The van der Waals surface area contributed by atoms with E-state index in [1.165, 1.54) is 18.5 Å². The second-order valence-corrected chi connectivity index (χ2v) is 8.41. The van der Waals surface area contributed by atoms with Gasteiger partial charge in [0.25, 0.3) is 0 Å². The molecule has 0 saturated carbocycles. The van der Waals surface area contributed by atoms with E-state index in [1.54, 1.807) is 0 Å². The molecular weight excluding hydrogens is 398 g/mol. The van der Waals surface area contributed by atoms with Crippen LogP contribution < -0.4 is 10.2 Å². The Morgan fingerprint density at radius 1 is 1.00 bits per heavy atom. The van der Waals surface area contributed by atoms with E-state index in [4.69, 9.17) is 0 Å². The van der Waals surface area contributed by atoms with E-state index in [1.807, 2.05) is 24.8 Å². The van der Waals surface area contributed by atoms with Crippen LogP contribution in [0.4, 0.5) is 17.1 Å². The van der Waals surface area contributed by atoms with E-state index in [2.05, 4.69) is 84.9 Å². The molecule has 4 aromatic rings. The fourth-order valence-corrected chi connectivity index (χ4v) is 4.80. The Balaban J connectivity index is 1.28. The van der Waals surface area contributed by atoms with Crippen LogP contribution in [0.2, 0.25) is 0 Å². The summed E-state index contributed by atoms with van der Waals surface area (Å²) in [5, 5.41) is 10.5. The summed E-state index contributed by atoms with van der Waals surface area (Å²) in [6, 6.07) is 13.7. The summed E-state index contributed by atoms with van der Waals surface area (Å²) in [6.07, 6.45) is 10.0. The van der Waals surface area contributed by atoms with Crippen LogP contribution >= 0.6 is 0 Å². The molecule has 7 heteroatoms. The first-order valence-corrected chi connectivity index (χ1v) is 11.6. The molecule has 0 unspecified atom stereocenters. The summed E-state index contributed by atoms with van der Waals surface area (Å²) in [5.74, 6) is 0. The molecule has 2 N–H and O–H groups in total. The number of pyridine rings is 1. The molecule has 1 aliphatic heterocycles. The minimum atomic E-state index is 0.725. The van der Waals surface area contributed by atoms with Crippen molar-refractivity contribution in [1.82, 2.24) is 24.5 Å². The van der Waals surface area contributed by atoms with Gasteiger partial charge < -0.3 is 10.2 Å². The lowest BCUT2D eigenvalue weighted by atomic mass is 10.1. The second kappa shape index (κ2) is 9.04. The summed E-state index contributed by atoms with van der Waals surface area (Å²) < 4.78 is 2.08. The minimum Gasteiger partial charge on any atom is -0.369 e. The molecule has 0 amide bonds. The summed E-state index contributed by atoms with van der Waals surface area (Å²) >= 11 is 0. The zero-order valence-electron chi connectivity index (χ0n) is 18.8. The first-order chi connectivity index (χ1) is 15.8. The molecule has 1 saturated heterocycles. The van der Waals surface area contributed by atoms with Crippen LogP contribution in [-0.4, -0.2) is 56.7 Å². The van der Waals surface area contributed by atoms with Gasteiger partial charge in [0.15, 0.2) is 5.65 Å². The third-order valence-corrected chi connectivity index (χ3v) is 6.63. The molecule has 166 valence electrons. The number of fused-ring (bicyclic) bond motifs is 1. The van der Waals surface area contributed by atoms with E-state index in [-0.39, 0.29) is 0 Å². The van der Waals surface area contributed by atoms with Crippen molar-refractivity contribution in [2.24, 2.45) is 0 Å². The number of nitrogens with zero attached hydrogens (tertiary/aromatic N) is 5. The standard InChI is InChI=1S/C25H31N7/c1-3-21(4-2)30-13-15-31(16-14-30)22-7-5-20(6-8-22)29-23-9-10-24(19-17-27-28-18-19)32-12-11-26-25(23)32/h5-12,17-18,21,29H,3-4,13-16H2,1-2H3,(H,27,28). The molecule has 1 aliphatic rings. The minimum absolute atomic E-state index is 0.725. The number of anilines is 3. The average molecular weight is 430 g/mol. The maximum Gasteiger partial charge on any atom is 0.161 e. The highest BCUT2D eigenvalue weighted by Gasteiger charge is 2.21. The average Bonchev–Trinajstić information content (AvgIpc) is 3.54. The smallest absolute Gasteiger partial charge is 0.161 e. The Morgan fingerprint density at radius 2 is 1.78 bits per heavy atom. The maximum absolute atomic E-state index is 4.57. The van der Waals surface area contributed by atoms with Gasteiger partial charge in [0.1, 0.15) is 0 Å². The van der Waals surface area contributed by atoms with E-state index >= 15 is 0 Å². The lowest BCUT2D eigenvalue weighted by Gasteiger charge is -2.39. The highest BCUT2D eigenvalue weighted by atomic mass is 15.3. The number of rotatable bonds is 7. The van der Waals surface area contributed by atoms with Gasteiger partial charge in [-0.15, -0.1) is 0 Å². The lowest BCUT2D eigenvalue weighted by molar-refractivity contribution is 0.175. The number of imidazole rings is 1. The van der Waals surface area contributed by atoms with Crippen molar-refractivity contribution in [3.05, 3.63) is 61.2 Å². The fourth-order valence-electron chi connectivity index (χ4n) is 4.80. The van der Waals surface area contributed by atoms with Crippen LogP contribution in [0, 0.1) is 0 Å². The topological polar surface area (TPSA) is 64.5 Å². The van der Waals surface area contributed by atoms with Crippen LogP contribution in [-0.2, 0) is 0 Å². The van der Waals surface area contributed by atoms with Crippen LogP contribution in [0.15, 0.2) is 61.2 Å². The Hall–Kier alpha value is -3.32. The summed E-state index contributed by atoms with van der Waals surface area (Å²) in [7, 11) is 0. The number of H-pyrrole nitrogens is 1. The lowest BCUT2D eigenvalue weighted by Crippen LogP contribution is -2.50. The highest BCUT2D eigenvalue weighted by Crippen LogP contribution is 2.28. The molecule has 1 aromatic carbocycles. The van der Waals surface area contributed by atoms with Crippen molar-refractivity contribution >= 4 is 22.7 Å². The van der Waals surface area contributed by atoms with Crippen molar-refractivity contribution < 1.29 is 0 Å². The number of benzene rings is 1. The molecule has 7 nitrogen and oxygen atoms in total. The van der Waals surface area contributed by atoms with Crippen molar-refractivity contribution in [2.45, 2.75) is 32.7 Å². The van der Waals surface area contributed by atoms with Gasteiger partial charge in [0.2, 0.25) is 0 Å². The van der Waals surface area contributed by atoms with Gasteiger partial charge in [-0.25, -0.2) is 4.98 Å². The van der Waals surface area contributed by atoms with Gasteiger partial charge in [-0.1, -0.05) is 13.8 Å². The van der Waals surface area contributed by atoms with Crippen molar-refractivity contribution in [3.8, 4) is 11.3 Å². The molecule has 4 heterocycles. The summed E-state index contributed by atoms with van der Waals surface area (Å²) in [6.45, 7) is 9.07. The number of nitrogens with one attached hydrogen (secondary N) is 2. The van der Waals surface area contributed by atoms with Crippen LogP contribution in [0.5, 0.6) is 0 Å². The van der Waals surface area contributed by atoms with Gasteiger partial charge in [0, 0.05) is 67.7 Å². The number of hydrogen-bond donors (Lipinski definition) is 2. The van der Waals surface area contributed by atoms with Crippen molar-refractivity contribution in [1.29, 1.82) is 0 Å². The van der Waals surface area contributed by atoms with Crippen LogP contribution in [0.1, 0.15) is 26.7 Å². The van der Waals surface area contributed by atoms with E-state index in [9.17, 15) is 0 Å². The largest absolute Gasteiger partial charge is 0.369 e. The second-order valence-electron chi connectivity index (χ2n) is 8.41. The molecule has 0 atom stereocenters. The first kappa shape index (κ1) is 20.6. The third-order valence-electron chi connectivity index (χ3n) is 6.63. The molecule has 0 aliphatic carbocycles. The molecule has 32 heavy (non-hydrogen) atoms. The van der Waals surface area contributed by atoms with E-state index < -0.39 is 0 Å². The molecule has 5 rings (SSSR count). The number of aromatic amines is 1. The third kappa shape index (κ3) is 3.96. The predicted octanol–water partition coefficient (Wildman–Crippen LogP) is 4.78. The van der Waals surface area contributed by atoms with Gasteiger partial charge in [0.05, 0.1) is 17.6 Å². The Labute approximate surface area is 189 Å². The molecule has 1 fully saturated rings. The molecule has 0 spiro atoms. The van der Waals surface area contributed by atoms with Crippen molar-refractivity contribution in [3.63, 3.8) is 0 Å². The fraction of sp³-hybridized carbons (Fsp3) is 0.360. The van der Waals surface area contributed by atoms with Crippen LogP contribution in [0.3, 0.4) is 0 Å². The zero-order valence-corrected chi connectivity index (χ0v) is 18.8. The van der Waals surface area contributed by atoms with E-state index in [0.717, 1.165) is 60.5 Å². The molecule has 0 radical (unpaired) electrons. The highest BCUT2D eigenvalue weighted by molar-refractivity contribution is 5.78. The molecule has 0 bridgehead atoms. The molecule has 3 aromatic heterocycles. The Morgan fingerprint density at radius 3 is 2.47 bits per heavy atom. The van der Waals surface area contributed by atoms with E-state index in [0.29, 0.717) is 0 Å². The maximum atomic E-state index is 4.57. The van der Waals surface area contributed by atoms with Crippen LogP contribution in [0.25, 0.3) is 16.9 Å². The number of piperazine rings is 1. The predicted molar refractivity (Wildman–Crippen MR) is 131 cm³/mol. The normalized spacial score (nSPS) is 15.0. The first-order valence-electron chi connectivity index (χ1n) is 11.6. The van der Waals surface area contributed by atoms with Gasteiger partial charge in [-0.3, -0.25) is 14.4 Å². The Kier molecular flexibility index (Phi) is 5.81. The monoisotopic (exact) mass is 429 g/mol. The Bertz CT molecular complexity index is 1130. The number of hydrogen-bond acceptors (Lipinski definition) is 5. The summed E-state index contributed by atoms with van der Waals surface area (Å²) in [4.78, 5) is 9.71. The van der Waals surface area contributed by atoms with Gasteiger partial charge in [-0.05, 0) is 49.2 Å². The molecular formula is C25H31N7. The SMILES string of the molecule is CCC(CC)N1CCN(c2ccc(Nc3ccc(-c4cn[nH]c4)n4ccnc34)cc2)CC1. The van der Waals surface area contributed by atoms with Gasteiger partial charge >= 0.3 is 0 Å². The number of aromatic nitrogens is 4. The quantitative estimate of drug-likeness (QED) is 0.443.